The summed E-state index contributed by atoms with van der Waals surface area (Å²) in [6, 6.07) is 9.25. The van der Waals surface area contributed by atoms with Crippen LogP contribution < -0.4 is 5.56 Å². The monoisotopic (exact) mass is 458 g/mol. The Bertz CT molecular complexity index is 1280. The lowest BCUT2D eigenvalue weighted by molar-refractivity contribution is 0.0776. The van der Waals surface area contributed by atoms with Gasteiger partial charge in [-0.15, -0.1) is 0 Å². The molecule has 32 heavy (non-hydrogen) atoms. The van der Waals surface area contributed by atoms with Crippen LogP contribution in [-0.4, -0.2) is 61.1 Å². The molecule has 0 aliphatic carbocycles. The Labute approximate surface area is 184 Å². The third kappa shape index (κ3) is 3.75. The number of hydrogen-bond donors (Lipinski definition) is 2. The smallest absolute Gasteiger partial charge is 0.414 e. The maximum absolute atomic E-state index is 12.9. The Kier molecular flexibility index (Phi) is 5.53. The number of rotatable bonds is 3. The number of aromatic nitrogens is 2. The van der Waals surface area contributed by atoms with E-state index in [-0.39, 0.29) is 24.7 Å². The molecular weight excluding hydrogens is 440 g/mol. The Hall–Kier alpha value is -3.93. The Morgan fingerprint density at radius 2 is 1.97 bits per heavy atom. The van der Waals surface area contributed by atoms with Gasteiger partial charge in [0.1, 0.15) is 6.61 Å². The van der Waals surface area contributed by atoms with Gasteiger partial charge >= 0.3 is 12.2 Å². The van der Waals surface area contributed by atoms with E-state index in [4.69, 9.17) is 9.84 Å². The van der Waals surface area contributed by atoms with Crippen molar-refractivity contribution in [3.63, 3.8) is 0 Å². The molecule has 0 atom stereocenters. The van der Waals surface area contributed by atoms with Crippen LogP contribution in [0.5, 0.6) is 5.88 Å². The molecule has 11 nitrogen and oxygen atoms in total. The molecular formula is C20H18N4O7S. The van der Waals surface area contributed by atoms with Crippen LogP contribution in [0.15, 0.2) is 35.1 Å². The third-order valence-electron chi connectivity index (χ3n) is 5.06. The molecule has 0 unspecified atom stereocenters. The summed E-state index contributed by atoms with van der Waals surface area (Å²) in [6.07, 6.45) is -1.78. The fraction of sp³-hybridized carbons (Fsp3) is 0.250. The molecule has 2 aromatic heterocycles. The second kappa shape index (κ2) is 8.30. The van der Waals surface area contributed by atoms with Crippen LogP contribution in [0.1, 0.15) is 26.5 Å². The first-order valence-electron chi connectivity index (χ1n) is 9.50. The van der Waals surface area contributed by atoms with E-state index in [0.29, 0.717) is 21.9 Å². The highest BCUT2D eigenvalue weighted by Gasteiger charge is 2.31. The topological polar surface area (TPSA) is 142 Å². The average Bonchev–Trinajstić information content (AvgIpc) is 3.14. The van der Waals surface area contributed by atoms with Crippen LogP contribution in [0.25, 0.3) is 4.96 Å². The summed E-state index contributed by atoms with van der Waals surface area (Å²) in [6.45, 7) is 0.584. The van der Waals surface area contributed by atoms with E-state index in [2.05, 4.69) is 4.98 Å². The largest absolute Gasteiger partial charge is 0.492 e. The highest BCUT2D eigenvalue weighted by Crippen LogP contribution is 2.29. The third-order valence-corrected chi connectivity index (χ3v) is 6.13. The van der Waals surface area contributed by atoms with Crippen LogP contribution in [0.3, 0.4) is 0 Å². The summed E-state index contributed by atoms with van der Waals surface area (Å²) in [5, 5.41) is 19.1. The van der Waals surface area contributed by atoms with E-state index < -0.39 is 35.1 Å². The van der Waals surface area contributed by atoms with E-state index in [0.717, 1.165) is 23.9 Å². The highest BCUT2D eigenvalue weighted by atomic mass is 32.1. The lowest BCUT2D eigenvalue weighted by atomic mass is 10.2. The zero-order valence-electron chi connectivity index (χ0n) is 16.8. The number of carbonyl (C=O) groups is 3. The first-order chi connectivity index (χ1) is 15.3. The van der Waals surface area contributed by atoms with E-state index in [1.807, 2.05) is 30.3 Å². The van der Waals surface area contributed by atoms with Crippen molar-refractivity contribution in [3.05, 3.63) is 62.4 Å². The average molecular weight is 458 g/mol. The van der Waals surface area contributed by atoms with Crippen LogP contribution >= 0.6 is 11.3 Å². The fourth-order valence-electron chi connectivity index (χ4n) is 3.37. The van der Waals surface area contributed by atoms with Crippen molar-refractivity contribution < 1.29 is 29.3 Å². The molecule has 1 aliphatic rings. The van der Waals surface area contributed by atoms with Gasteiger partial charge in [-0.1, -0.05) is 41.7 Å². The predicted molar refractivity (Wildman–Crippen MR) is 112 cm³/mol. The number of fused-ring (bicyclic) bond motifs is 3. The van der Waals surface area contributed by atoms with Crippen LogP contribution in [-0.2, 0) is 24.3 Å². The minimum absolute atomic E-state index is 0.132. The number of carboxylic acid groups (broad SMARTS) is 1. The predicted octanol–water partition coefficient (Wildman–Crippen LogP) is 1.91. The molecule has 3 aromatic rings. The second-order valence-corrected chi connectivity index (χ2v) is 8.13. The molecule has 0 saturated heterocycles. The summed E-state index contributed by atoms with van der Waals surface area (Å²) in [5.41, 5.74) is -0.169. The van der Waals surface area contributed by atoms with Crippen molar-refractivity contribution in [2.75, 3.05) is 13.6 Å². The summed E-state index contributed by atoms with van der Waals surface area (Å²) in [7, 11) is 0.973. The molecule has 0 radical (unpaired) electrons. The number of amides is 3. The SMILES string of the molecule is CN(C(=O)O)C(=O)c1c(O)nc2sc3c(n2c1=O)CCN(C(=O)OCc1ccccc1)C3. The van der Waals surface area contributed by atoms with Crippen molar-refractivity contribution >= 4 is 34.4 Å². The Morgan fingerprint density at radius 3 is 2.66 bits per heavy atom. The maximum atomic E-state index is 12.9. The molecule has 0 bridgehead atoms. The van der Waals surface area contributed by atoms with Crippen molar-refractivity contribution in [2.24, 2.45) is 0 Å². The van der Waals surface area contributed by atoms with Gasteiger partial charge in [-0.05, 0) is 5.56 Å². The number of benzene rings is 1. The van der Waals surface area contributed by atoms with Gasteiger partial charge in [0.25, 0.3) is 11.5 Å². The zero-order chi connectivity index (χ0) is 23.0. The number of carbonyl (C=O) groups excluding carboxylic acids is 2. The molecule has 3 amide bonds. The molecule has 0 spiro atoms. The Morgan fingerprint density at radius 1 is 1.25 bits per heavy atom. The quantitative estimate of drug-likeness (QED) is 0.606. The van der Waals surface area contributed by atoms with Crippen LogP contribution in [0.4, 0.5) is 9.59 Å². The van der Waals surface area contributed by atoms with E-state index in [9.17, 15) is 24.3 Å². The number of thiazole rings is 1. The van der Waals surface area contributed by atoms with Crippen molar-refractivity contribution in [1.29, 1.82) is 0 Å². The molecule has 0 fully saturated rings. The molecule has 4 rings (SSSR count). The number of imide groups is 1. The highest BCUT2D eigenvalue weighted by molar-refractivity contribution is 7.17. The number of aromatic hydroxyl groups is 1. The van der Waals surface area contributed by atoms with Crippen molar-refractivity contribution in [3.8, 4) is 5.88 Å². The minimum Gasteiger partial charge on any atom is -0.492 e. The van der Waals surface area contributed by atoms with Crippen LogP contribution in [0.2, 0.25) is 0 Å². The summed E-state index contributed by atoms with van der Waals surface area (Å²) >= 11 is 1.10. The number of hydrogen-bond acceptors (Lipinski definition) is 8. The van der Waals surface area contributed by atoms with Crippen molar-refractivity contribution in [1.82, 2.24) is 19.2 Å². The molecule has 12 heteroatoms. The van der Waals surface area contributed by atoms with Gasteiger partial charge in [0.2, 0.25) is 10.8 Å². The molecule has 1 aromatic carbocycles. The van der Waals surface area contributed by atoms with Gasteiger partial charge in [-0.3, -0.25) is 14.0 Å². The molecule has 166 valence electrons. The number of ether oxygens (including phenoxy) is 1. The summed E-state index contributed by atoms with van der Waals surface area (Å²) in [4.78, 5) is 55.4. The normalized spacial score (nSPS) is 13.0. The van der Waals surface area contributed by atoms with Gasteiger partial charge in [0.15, 0.2) is 5.56 Å². The number of nitrogens with zero attached hydrogens (tertiary/aromatic N) is 4. The fourth-order valence-corrected chi connectivity index (χ4v) is 4.54. The van der Waals surface area contributed by atoms with E-state index in [1.54, 1.807) is 0 Å². The zero-order valence-corrected chi connectivity index (χ0v) is 17.7. The lowest BCUT2D eigenvalue weighted by Crippen LogP contribution is -2.38. The van der Waals surface area contributed by atoms with Crippen molar-refractivity contribution in [2.45, 2.75) is 19.6 Å². The van der Waals surface area contributed by atoms with Gasteiger partial charge in [-0.2, -0.15) is 4.98 Å². The second-order valence-electron chi connectivity index (χ2n) is 7.06. The minimum atomic E-state index is -1.57. The van der Waals surface area contributed by atoms with Gasteiger partial charge < -0.3 is 19.8 Å². The molecule has 0 saturated carbocycles. The van der Waals surface area contributed by atoms with Gasteiger partial charge in [0.05, 0.1) is 6.54 Å². The summed E-state index contributed by atoms with van der Waals surface area (Å²) < 4.78 is 6.55. The summed E-state index contributed by atoms with van der Waals surface area (Å²) in [5.74, 6) is -2.02. The molecule has 2 N–H and O–H groups in total. The standard InChI is InChI=1S/C20H18N4O7S/c1-22(19(28)29)16(26)14-15(25)21-18-24(17(14)27)12-7-8-23(9-13(12)32-18)20(30)31-10-11-5-3-2-4-6-11/h2-6,25H,7-10H2,1H3,(H,28,29). The van der Waals surface area contributed by atoms with Gasteiger partial charge in [-0.25, -0.2) is 14.5 Å². The molecule has 1 aliphatic heterocycles. The van der Waals surface area contributed by atoms with E-state index in [1.165, 1.54) is 9.30 Å². The van der Waals surface area contributed by atoms with Gasteiger partial charge in [0, 0.05) is 30.6 Å². The Balaban J connectivity index is 1.60. The lowest BCUT2D eigenvalue weighted by Gasteiger charge is -2.26. The maximum Gasteiger partial charge on any atom is 0.414 e. The first kappa shape index (κ1) is 21.3. The first-order valence-corrected chi connectivity index (χ1v) is 10.3. The molecule has 3 heterocycles. The van der Waals surface area contributed by atoms with E-state index >= 15 is 0 Å². The van der Waals surface area contributed by atoms with Crippen LogP contribution in [0, 0.1) is 0 Å².